The highest BCUT2D eigenvalue weighted by Gasteiger charge is 2.19. The molecule has 1 fully saturated rings. The van der Waals surface area contributed by atoms with Crippen molar-refractivity contribution >= 4 is 28.4 Å². The number of hydrogen-bond acceptors (Lipinski definition) is 2. The average molecular weight is 361 g/mol. The first-order valence-electron chi connectivity index (χ1n) is 9.32. The molecular weight excluding hydrogens is 338 g/mol. The Balaban J connectivity index is 1.49. The van der Waals surface area contributed by atoms with E-state index in [-0.39, 0.29) is 11.8 Å². The molecule has 2 aromatic carbocycles. The standard InChI is InChI=1S/C22H23N3O2/c1-14-11-15(2)18-13-20(24-19(18)12-14)21(26)23-17-7-5-16(6-8-17)22(27)25-9-3-4-10-25/h5-8,11-13,24H,3-4,9-10H2,1-2H3,(H,23,26). The van der Waals surface area contributed by atoms with Gasteiger partial charge in [0.15, 0.2) is 0 Å². The van der Waals surface area contributed by atoms with Gasteiger partial charge in [0.1, 0.15) is 5.69 Å². The highest BCUT2D eigenvalue weighted by atomic mass is 16.2. The van der Waals surface area contributed by atoms with Gasteiger partial charge >= 0.3 is 0 Å². The topological polar surface area (TPSA) is 65.2 Å². The molecule has 1 saturated heterocycles. The van der Waals surface area contributed by atoms with Gasteiger partial charge in [-0.2, -0.15) is 0 Å². The summed E-state index contributed by atoms with van der Waals surface area (Å²) in [5, 5.41) is 3.95. The number of amides is 2. The van der Waals surface area contributed by atoms with Crippen LogP contribution >= 0.6 is 0 Å². The molecule has 27 heavy (non-hydrogen) atoms. The van der Waals surface area contributed by atoms with E-state index < -0.39 is 0 Å². The van der Waals surface area contributed by atoms with Crippen molar-refractivity contribution in [2.45, 2.75) is 26.7 Å². The molecule has 1 aliphatic heterocycles. The van der Waals surface area contributed by atoms with Gasteiger partial charge in [-0.15, -0.1) is 0 Å². The molecule has 2 amide bonds. The largest absolute Gasteiger partial charge is 0.351 e. The van der Waals surface area contributed by atoms with Crippen LogP contribution in [0.2, 0.25) is 0 Å². The first kappa shape index (κ1) is 17.3. The number of aryl methyl sites for hydroxylation is 2. The summed E-state index contributed by atoms with van der Waals surface area (Å²) in [6, 6.07) is 13.1. The van der Waals surface area contributed by atoms with Crippen molar-refractivity contribution in [1.29, 1.82) is 0 Å². The zero-order valence-corrected chi connectivity index (χ0v) is 15.6. The summed E-state index contributed by atoms with van der Waals surface area (Å²) >= 11 is 0. The number of anilines is 1. The molecule has 3 aromatic rings. The van der Waals surface area contributed by atoms with E-state index in [0.29, 0.717) is 16.9 Å². The lowest BCUT2D eigenvalue weighted by molar-refractivity contribution is 0.0792. The zero-order chi connectivity index (χ0) is 19.0. The van der Waals surface area contributed by atoms with Crippen molar-refractivity contribution in [3.05, 3.63) is 64.8 Å². The third kappa shape index (κ3) is 3.45. The van der Waals surface area contributed by atoms with Crippen LogP contribution in [0.25, 0.3) is 10.9 Å². The molecule has 5 heteroatoms. The molecule has 0 radical (unpaired) electrons. The van der Waals surface area contributed by atoms with E-state index in [1.54, 1.807) is 24.3 Å². The maximum Gasteiger partial charge on any atom is 0.272 e. The SMILES string of the molecule is Cc1cc(C)c2cc(C(=O)Nc3ccc(C(=O)N4CCCC4)cc3)[nH]c2c1. The Morgan fingerprint density at radius 3 is 2.41 bits per heavy atom. The van der Waals surface area contributed by atoms with Crippen LogP contribution in [0.1, 0.15) is 44.8 Å². The number of likely N-dealkylation sites (tertiary alicyclic amines) is 1. The van der Waals surface area contributed by atoms with Crippen molar-refractivity contribution in [3.63, 3.8) is 0 Å². The monoisotopic (exact) mass is 361 g/mol. The Morgan fingerprint density at radius 2 is 1.70 bits per heavy atom. The van der Waals surface area contributed by atoms with Crippen LogP contribution in [-0.2, 0) is 0 Å². The summed E-state index contributed by atoms with van der Waals surface area (Å²) in [6.45, 7) is 5.74. The van der Waals surface area contributed by atoms with Gasteiger partial charge in [0, 0.05) is 35.2 Å². The van der Waals surface area contributed by atoms with Gasteiger partial charge in [-0.1, -0.05) is 6.07 Å². The van der Waals surface area contributed by atoms with Gasteiger partial charge in [-0.25, -0.2) is 0 Å². The molecule has 138 valence electrons. The van der Waals surface area contributed by atoms with Crippen molar-refractivity contribution in [2.24, 2.45) is 0 Å². The molecule has 1 aromatic heterocycles. The Morgan fingerprint density at radius 1 is 1.00 bits per heavy atom. The highest BCUT2D eigenvalue weighted by Crippen LogP contribution is 2.22. The number of carbonyl (C=O) groups is 2. The van der Waals surface area contributed by atoms with Gasteiger partial charge < -0.3 is 15.2 Å². The molecule has 0 unspecified atom stereocenters. The smallest absolute Gasteiger partial charge is 0.272 e. The van der Waals surface area contributed by atoms with Gasteiger partial charge in [0.05, 0.1) is 0 Å². The fourth-order valence-electron chi connectivity index (χ4n) is 3.72. The Kier molecular flexibility index (Phi) is 4.44. The third-order valence-electron chi connectivity index (χ3n) is 5.12. The minimum Gasteiger partial charge on any atom is -0.351 e. The van der Waals surface area contributed by atoms with E-state index >= 15 is 0 Å². The number of aromatic amines is 1. The molecule has 0 aliphatic carbocycles. The summed E-state index contributed by atoms with van der Waals surface area (Å²) in [5.74, 6) is -0.131. The summed E-state index contributed by atoms with van der Waals surface area (Å²) < 4.78 is 0. The summed E-state index contributed by atoms with van der Waals surface area (Å²) in [6.07, 6.45) is 2.15. The lowest BCUT2D eigenvalue weighted by Crippen LogP contribution is -2.27. The van der Waals surface area contributed by atoms with E-state index in [9.17, 15) is 9.59 Å². The van der Waals surface area contributed by atoms with Crippen LogP contribution in [0.15, 0.2) is 42.5 Å². The van der Waals surface area contributed by atoms with Crippen LogP contribution in [0.4, 0.5) is 5.69 Å². The maximum absolute atomic E-state index is 12.6. The summed E-state index contributed by atoms with van der Waals surface area (Å²) in [4.78, 5) is 30.1. The van der Waals surface area contributed by atoms with E-state index in [4.69, 9.17) is 0 Å². The molecule has 2 heterocycles. The second kappa shape index (κ2) is 6.91. The highest BCUT2D eigenvalue weighted by molar-refractivity contribution is 6.06. The Hall–Kier alpha value is -3.08. The third-order valence-corrected chi connectivity index (χ3v) is 5.12. The van der Waals surface area contributed by atoms with Crippen LogP contribution in [0.3, 0.4) is 0 Å². The van der Waals surface area contributed by atoms with Crippen molar-refractivity contribution in [2.75, 3.05) is 18.4 Å². The van der Waals surface area contributed by atoms with Gasteiger partial charge in [-0.05, 0) is 74.2 Å². The molecule has 1 aliphatic rings. The zero-order valence-electron chi connectivity index (χ0n) is 15.6. The van der Waals surface area contributed by atoms with Crippen molar-refractivity contribution in [3.8, 4) is 0 Å². The first-order chi connectivity index (χ1) is 13.0. The Bertz CT molecular complexity index is 1010. The van der Waals surface area contributed by atoms with Crippen LogP contribution in [-0.4, -0.2) is 34.8 Å². The van der Waals surface area contributed by atoms with Gasteiger partial charge in [0.2, 0.25) is 0 Å². The molecule has 2 N–H and O–H groups in total. The number of nitrogens with zero attached hydrogens (tertiary/aromatic N) is 1. The number of aromatic nitrogens is 1. The maximum atomic E-state index is 12.6. The van der Waals surface area contributed by atoms with E-state index in [0.717, 1.165) is 48.0 Å². The van der Waals surface area contributed by atoms with Crippen LogP contribution in [0, 0.1) is 13.8 Å². The van der Waals surface area contributed by atoms with E-state index in [1.165, 1.54) is 0 Å². The predicted octanol–water partition coefficient (Wildman–Crippen LogP) is 4.27. The molecule has 0 spiro atoms. The fourth-order valence-corrected chi connectivity index (χ4v) is 3.72. The number of carbonyl (C=O) groups excluding carboxylic acids is 2. The van der Waals surface area contributed by atoms with E-state index in [2.05, 4.69) is 16.4 Å². The summed E-state index contributed by atoms with van der Waals surface area (Å²) in [5.41, 5.74) is 5.12. The fraction of sp³-hybridized carbons (Fsp3) is 0.273. The number of nitrogens with one attached hydrogen (secondary N) is 2. The quantitative estimate of drug-likeness (QED) is 0.731. The van der Waals surface area contributed by atoms with Gasteiger partial charge in [0.25, 0.3) is 11.8 Å². The van der Waals surface area contributed by atoms with Crippen LogP contribution < -0.4 is 5.32 Å². The second-order valence-electron chi connectivity index (χ2n) is 7.26. The van der Waals surface area contributed by atoms with Crippen molar-refractivity contribution in [1.82, 2.24) is 9.88 Å². The van der Waals surface area contributed by atoms with Gasteiger partial charge in [-0.3, -0.25) is 9.59 Å². The van der Waals surface area contributed by atoms with Crippen molar-refractivity contribution < 1.29 is 9.59 Å². The molecule has 0 atom stereocenters. The molecule has 4 rings (SSSR count). The first-order valence-corrected chi connectivity index (χ1v) is 9.32. The number of hydrogen-bond donors (Lipinski definition) is 2. The number of rotatable bonds is 3. The molecule has 0 bridgehead atoms. The summed E-state index contributed by atoms with van der Waals surface area (Å²) in [7, 11) is 0. The molecular formula is C22H23N3O2. The minimum absolute atomic E-state index is 0.0619. The molecule has 0 saturated carbocycles. The number of fused-ring (bicyclic) bond motifs is 1. The minimum atomic E-state index is -0.193. The average Bonchev–Trinajstić information content (AvgIpc) is 3.31. The van der Waals surface area contributed by atoms with E-state index in [1.807, 2.05) is 30.9 Å². The lowest BCUT2D eigenvalue weighted by Gasteiger charge is -2.15. The lowest BCUT2D eigenvalue weighted by atomic mass is 10.1. The number of H-pyrrole nitrogens is 1. The second-order valence-corrected chi connectivity index (χ2v) is 7.26. The predicted molar refractivity (Wildman–Crippen MR) is 107 cm³/mol. The molecule has 5 nitrogen and oxygen atoms in total. The number of benzene rings is 2. The van der Waals surface area contributed by atoms with Crippen LogP contribution in [0.5, 0.6) is 0 Å². The normalized spacial score (nSPS) is 13.9. The Labute approximate surface area is 158 Å².